The Kier molecular flexibility index (Phi) is 2.79. The van der Waals surface area contributed by atoms with E-state index in [0.29, 0.717) is 0 Å². The third kappa shape index (κ3) is 1.93. The Balaban J connectivity index is 2.31. The van der Waals surface area contributed by atoms with Gasteiger partial charge in [0.25, 0.3) is 0 Å². The summed E-state index contributed by atoms with van der Waals surface area (Å²) < 4.78 is 0. The van der Waals surface area contributed by atoms with Crippen LogP contribution in [0.3, 0.4) is 0 Å². The predicted octanol–water partition coefficient (Wildman–Crippen LogP) is 3.24. The fourth-order valence-corrected chi connectivity index (χ4v) is 1.96. The molecule has 0 radical (unpaired) electrons. The first kappa shape index (κ1) is 9.21. The molecule has 2 aromatic heterocycles. The summed E-state index contributed by atoms with van der Waals surface area (Å²) in [6.45, 7) is 3.03. The highest BCUT2D eigenvalue weighted by Gasteiger charge is 1.99. The molecule has 0 aliphatic rings. The zero-order valence-corrected chi connectivity index (χ0v) is 8.84. The van der Waals surface area contributed by atoms with Crippen molar-refractivity contribution in [1.82, 2.24) is 4.98 Å². The van der Waals surface area contributed by atoms with Gasteiger partial charge in [0, 0.05) is 29.4 Å². The Labute approximate surface area is 87.6 Å². The highest BCUT2D eigenvalue weighted by Crippen LogP contribution is 2.22. The molecule has 0 aliphatic heterocycles. The zero-order valence-electron chi connectivity index (χ0n) is 8.03. The summed E-state index contributed by atoms with van der Waals surface area (Å²) in [4.78, 5) is 4.33. The fraction of sp³-hybridized carbons (Fsp3) is 0.182. The van der Waals surface area contributed by atoms with Crippen LogP contribution >= 0.6 is 11.3 Å². The van der Waals surface area contributed by atoms with Crippen LogP contribution in [0.2, 0.25) is 0 Å². The minimum Gasteiger partial charge on any atom is -0.385 e. The van der Waals surface area contributed by atoms with Gasteiger partial charge in [0.2, 0.25) is 0 Å². The van der Waals surface area contributed by atoms with E-state index >= 15 is 0 Å². The number of nitrogens with zero attached hydrogens (tertiary/aromatic N) is 1. The quantitative estimate of drug-likeness (QED) is 0.830. The molecule has 1 N–H and O–H groups in total. The number of thiophene rings is 1. The number of nitrogens with one attached hydrogen (secondary N) is 1. The first-order chi connectivity index (χ1) is 6.90. The molecule has 0 unspecified atom stereocenters. The SMILES string of the molecule is CCNc1ccnc(-c2ccsc2)c1. The molecule has 0 aliphatic carbocycles. The molecule has 0 saturated carbocycles. The maximum absolute atomic E-state index is 4.33. The average molecular weight is 204 g/mol. The highest BCUT2D eigenvalue weighted by molar-refractivity contribution is 7.08. The van der Waals surface area contributed by atoms with Crippen LogP contribution in [-0.4, -0.2) is 11.5 Å². The normalized spacial score (nSPS) is 10.1. The molecule has 2 rings (SSSR count). The van der Waals surface area contributed by atoms with Crippen LogP contribution in [-0.2, 0) is 0 Å². The monoisotopic (exact) mass is 204 g/mol. The summed E-state index contributed by atoms with van der Waals surface area (Å²) >= 11 is 1.69. The van der Waals surface area contributed by atoms with Crippen molar-refractivity contribution in [3.63, 3.8) is 0 Å². The molecule has 0 bridgehead atoms. The predicted molar refractivity (Wildman–Crippen MR) is 61.7 cm³/mol. The lowest BCUT2D eigenvalue weighted by Gasteiger charge is -2.03. The largest absolute Gasteiger partial charge is 0.385 e. The maximum Gasteiger partial charge on any atom is 0.0730 e. The number of pyridine rings is 1. The van der Waals surface area contributed by atoms with Gasteiger partial charge in [-0.1, -0.05) is 0 Å². The first-order valence-electron chi connectivity index (χ1n) is 4.62. The Morgan fingerprint density at radius 3 is 3.07 bits per heavy atom. The number of aromatic nitrogens is 1. The molecule has 0 spiro atoms. The molecule has 2 aromatic rings. The minimum atomic E-state index is 0.938. The number of rotatable bonds is 3. The summed E-state index contributed by atoms with van der Waals surface area (Å²) in [6, 6.07) is 6.15. The highest BCUT2D eigenvalue weighted by atomic mass is 32.1. The van der Waals surface area contributed by atoms with E-state index in [0.717, 1.165) is 17.9 Å². The van der Waals surface area contributed by atoms with Gasteiger partial charge in [0.15, 0.2) is 0 Å². The Hall–Kier alpha value is -1.35. The van der Waals surface area contributed by atoms with Crippen molar-refractivity contribution in [2.45, 2.75) is 6.92 Å². The Morgan fingerprint density at radius 2 is 2.36 bits per heavy atom. The Morgan fingerprint density at radius 1 is 1.43 bits per heavy atom. The summed E-state index contributed by atoms with van der Waals surface area (Å²) in [5, 5.41) is 7.45. The van der Waals surface area contributed by atoms with Crippen LogP contribution in [0.5, 0.6) is 0 Å². The van der Waals surface area contributed by atoms with Gasteiger partial charge in [-0.2, -0.15) is 11.3 Å². The lowest BCUT2D eigenvalue weighted by atomic mass is 10.2. The van der Waals surface area contributed by atoms with E-state index in [1.165, 1.54) is 5.56 Å². The van der Waals surface area contributed by atoms with E-state index < -0.39 is 0 Å². The van der Waals surface area contributed by atoms with E-state index in [-0.39, 0.29) is 0 Å². The summed E-state index contributed by atoms with van der Waals surface area (Å²) in [6.07, 6.45) is 1.84. The van der Waals surface area contributed by atoms with Gasteiger partial charge in [-0.15, -0.1) is 0 Å². The van der Waals surface area contributed by atoms with Crippen LogP contribution in [0.15, 0.2) is 35.2 Å². The van der Waals surface area contributed by atoms with Gasteiger partial charge >= 0.3 is 0 Å². The van der Waals surface area contributed by atoms with Crippen molar-refractivity contribution in [2.24, 2.45) is 0 Å². The van der Waals surface area contributed by atoms with Crippen molar-refractivity contribution in [3.8, 4) is 11.3 Å². The van der Waals surface area contributed by atoms with Gasteiger partial charge < -0.3 is 5.32 Å². The number of anilines is 1. The zero-order chi connectivity index (χ0) is 9.80. The summed E-state index contributed by atoms with van der Waals surface area (Å²) in [5.41, 5.74) is 3.35. The Bertz CT molecular complexity index is 395. The second kappa shape index (κ2) is 4.24. The van der Waals surface area contributed by atoms with Crippen LogP contribution in [0.1, 0.15) is 6.92 Å². The molecule has 3 heteroatoms. The fourth-order valence-electron chi connectivity index (χ4n) is 1.31. The van der Waals surface area contributed by atoms with E-state index in [4.69, 9.17) is 0 Å². The van der Waals surface area contributed by atoms with Crippen molar-refractivity contribution in [1.29, 1.82) is 0 Å². The smallest absolute Gasteiger partial charge is 0.0730 e. The van der Waals surface area contributed by atoms with Crippen molar-refractivity contribution >= 4 is 17.0 Å². The third-order valence-electron chi connectivity index (χ3n) is 1.96. The summed E-state index contributed by atoms with van der Waals surface area (Å²) in [5.74, 6) is 0. The molecule has 2 nitrogen and oxygen atoms in total. The maximum atomic E-state index is 4.33. The van der Waals surface area contributed by atoms with Crippen LogP contribution in [0, 0.1) is 0 Å². The van der Waals surface area contributed by atoms with Gasteiger partial charge in [0.1, 0.15) is 0 Å². The lowest BCUT2D eigenvalue weighted by molar-refractivity contribution is 1.20. The van der Waals surface area contributed by atoms with E-state index in [1.54, 1.807) is 11.3 Å². The number of hydrogen-bond donors (Lipinski definition) is 1. The summed E-state index contributed by atoms with van der Waals surface area (Å²) in [7, 11) is 0. The van der Waals surface area contributed by atoms with E-state index in [1.807, 2.05) is 12.3 Å². The van der Waals surface area contributed by atoms with E-state index in [2.05, 4.69) is 40.1 Å². The molecule has 72 valence electrons. The second-order valence-electron chi connectivity index (χ2n) is 2.97. The van der Waals surface area contributed by atoms with E-state index in [9.17, 15) is 0 Å². The van der Waals surface area contributed by atoms with Gasteiger partial charge in [-0.25, -0.2) is 0 Å². The van der Waals surface area contributed by atoms with Crippen LogP contribution in [0.25, 0.3) is 11.3 Å². The van der Waals surface area contributed by atoms with Crippen molar-refractivity contribution in [2.75, 3.05) is 11.9 Å². The van der Waals surface area contributed by atoms with Gasteiger partial charge in [0.05, 0.1) is 5.69 Å². The van der Waals surface area contributed by atoms with Crippen molar-refractivity contribution < 1.29 is 0 Å². The first-order valence-corrected chi connectivity index (χ1v) is 5.57. The molecule has 0 aromatic carbocycles. The molecular weight excluding hydrogens is 192 g/mol. The number of hydrogen-bond acceptors (Lipinski definition) is 3. The topological polar surface area (TPSA) is 24.9 Å². The third-order valence-corrected chi connectivity index (χ3v) is 2.64. The van der Waals surface area contributed by atoms with Crippen molar-refractivity contribution in [3.05, 3.63) is 35.2 Å². The molecule has 0 saturated heterocycles. The van der Waals surface area contributed by atoms with Gasteiger partial charge in [-0.3, -0.25) is 4.98 Å². The van der Waals surface area contributed by atoms with Crippen LogP contribution < -0.4 is 5.32 Å². The van der Waals surface area contributed by atoms with Crippen LogP contribution in [0.4, 0.5) is 5.69 Å². The molecule has 14 heavy (non-hydrogen) atoms. The lowest BCUT2D eigenvalue weighted by Crippen LogP contribution is -1.96. The second-order valence-corrected chi connectivity index (χ2v) is 3.75. The molecule has 2 heterocycles. The average Bonchev–Trinajstić information content (AvgIpc) is 2.71. The molecule has 0 atom stereocenters. The molecule has 0 amide bonds. The minimum absolute atomic E-state index is 0.938. The molecule has 0 fully saturated rings. The standard InChI is InChI=1S/C11H12N2S/c1-2-12-10-3-5-13-11(7-10)9-4-6-14-8-9/h3-8H,2H2,1H3,(H,12,13). The molecular formula is C11H12N2S. The van der Waals surface area contributed by atoms with Gasteiger partial charge in [-0.05, 0) is 30.5 Å².